The molecule has 1 heterocycles. The molecule has 136 valence electrons. The van der Waals surface area contributed by atoms with Crippen molar-refractivity contribution in [1.29, 1.82) is 0 Å². The van der Waals surface area contributed by atoms with Crippen LogP contribution < -0.4 is 10.6 Å². The standard InChI is InChI=1S/C17H20F2N4S.HI/c1-20-17(23-12-16-15(19)4-2-9-21-16)22-10-3-11-24-14-7-5-13(18)6-8-14;/h2,4-9H,3,10-12H2,1H3,(H2,20,22,23);1H. The zero-order valence-corrected chi connectivity index (χ0v) is 17.0. The maximum Gasteiger partial charge on any atom is 0.191 e. The fourth-order valence-corrected chi connectivity index (χ4v) is 2.79. The van der Waals surface area contributed by atoms with Crippen molar-refractivity contribution in [2.24, 2.45) is 4.99 Å². The first-order valence-corrected chi connectivity index (χ1v) is 8.60. The van der Waals surface area contributed by atoms with E-state index in [1.807, 2.05) is 0 Å². The van der Waals surface area contributed by atoms with Crippen LogP contribution in [0, 0.1) is 11.6 Å². The van der Waals surface area contributed by atoms with Gasteiger partial charge in [-0.05, 0) is 48.6 Å². The molecule has 2 N–H and O–H groups in total. The fraction of sp³-hybridized carbons (Fsp3) is 0.294. The van der Waals surface area contributed by atoms with Crippen molar-refractivity contribution in [3.05, 3.63) is 59.9 Å². The zero-order valence-electron chi connectivity index (χ0n) is 13.8. The Morgan fingerprint density at radius 1 is 1.16 bits per heavy atom. The van der Waals surface area contributed by atoms with Crippen LogP contribution in [0.2, 0.25) is 0 Å². The fourth-order valence-electron chi connectivity index (χ4n) is 1.94. The molecule has 0 fully saturated rings. The van der Waals surface area contributed by atoms with Gasteiger partial charge in [0.2, 0.25) is 0 Å². The van der Waals surface area contributed by atoms with Gasteiger partial charge < -0.3 is 10.6 Å². The van der Waals surface area contributed by atoms with Crippen molar-refractivity contribution >= 4 is 41.7 Å². The van der Waals surface area contributed by atoms with Crippen LogP contribution in [0.5, 0.6) is 0 Å². The number of aliphatic imine (C=N–C) groups is 1. The molecule has 0 unspecified atom stereocenters. The molecule has 1 aromatic carbocycles. The second kappa shape index (κ2) is 12.0. The van der Waals surface area contributed by atoms with Crippen LogP contribution in [0.15, 0.2) is 52.5 Å². The molecule has 8 heteroatoms. The minimum atomic E-state index is -0.337. The third-order valence-corrected chi connectivity index (χ3v) is 4.28. The number of pyridine rings is 1. The Bertz CT molecular complexity index is 668. The van der Waals surface area contributed by atoms with Gasteiger partial charge in [-0.1, -0.05) is 0 Å². The predicted octanol–water partition coefficient (Wildman–Crippen LogP) is 3.83. The van der Waals surface area contributed by atoms with E-state index in [9.17, 15) is 8.78 Å². The number of aromatic nitrogens is 1. The molecule has 0 spiro atoms. The van der Waals surface area contributed by atoms with Gasteiger partial charge in [-0.15, -0.1) is 35.7 Å². The van der Waals surface area contributed by atoms with Crippen molar-refractivity contribution < 1.29 is 8.78 Å². The van der Waals surface area contributed by atoms with E-state index < -0.39 is 0 Å². The Kier molecular flexibility index (Phi) is 10.4. The molecule has 2 rings (SSSR count). The smallest absolute Gasteiger partial charge is 0.191 e. The van der Waals surface area contributed by atoms with Gasteiger partial charge in [-0.2, -0.15) is 0 Å². The number of halogens is 3. The topological polar surface area (TPSA) is 49.3 Å². The predicted molar refractivity (Wildman–Crippen MR) is 110 cm³/mol. The van der Waals surface area contributed by atoms with Crippen molar-refractivity contribution in [1.82, 2.24) is 15.6 Å². The molecule has 0 saturated heterocycles. The van der Waals surface area contributed by atoms with Crippen molar-refractivity contribution in [3.8, 4) is 0 Å². The SMILES string of the molecule is CN=C(NCCCSc1ccc(F)cc1)NCc1ncccc1F.I. The Labute approximate surface area is 167 Å². The largest absolute Gasteiger partial charge is 0.356 e. The maximum absolute atomic E-state index is 13.5. The van der Waals surface area contributed by atoms with Gasteiger partial charge in [0.15, 0.2) is 5.96 Å². The molecule has 2 aromatic rings. The number of thioether (sulfide) groups is 1. The van der Waals surface area contributed by atoms with E-state index >= 15 is 0 Å². The number of benzene rings is 1. The number of guanidine groups is 1. The maximum atomic E-state index is 13.5. The second-order valence-electron chi connectivity index (χ2n) is 4.94. The molecule has 0 aliphatic heterocycles. The second-order valence-corrected chi connectivity index (χ2v) is 6.11. The lowest BCUT2D eigenvalue weighted by molar-refractivity contribution is 0.592. The molecule has 0 bridgehead atoms. The van der Waals surface area contributed by atoms with Gasteiger partial charge in [0.05, 0.1) is 12.2 Å². The third kappa shape index (κ3) is 8.00. The average molecular weight is 478 g/mol. The van der Waals surface area contributed by atoms with Crippen molar-refractivity contribution in [2.45, 2.75) is 17.9 Å². The van der Waals surface area contributed by atoms with E-state index in [0.29, 0.717) is 11.7 Å². The van der Waals surface area contributed by atoms with E-state index in [2.05, 4.69) is 20.6 Å². The molecule has 25 heavy (non-hydrogen) atoms. The first kappa shape index (κ1) is 21.6. The van der Waals surface area contributed by atoms with E-state index in [1.54, 1.807) is 43.2 Å². The lowest BCUT2D eigenvalue weighted by Gasteiger charge is -2.11. The molecule has 0 radical (unpaired) electrons. The highest BCUT2D eigenvalue weighted by Gasteiger charge is 2.03. The first-order valence-electron chi connectivity index (χ1n) is 7.61. The Morgan fingerprint density at radius 3 is 2.60 bits per heavy atom. The summed E-state index contributed by atoms with van der Waals surface area (Å²) in [6.45, 7) is 1.01. The van der Waals surface area contributed by atoms with Crippen LogP contribution >= 0.6 is 35.7 Å². The summed E-state index contributed by atoms with van der Waals surface area (Å²) in [4.78, 5) is 9.12. The Morgan fingerprint density at radius 2 is 1.92 bits per heavy atom. The molecule has 0 saturated carbocycles. The summed E-state index contributed by atoms with van der Waals surface area (Å²) in [6, 6.07) is 9.41. The van der Waals surface area contributed by atoms with E-state index in [4.69, 9.17) is 0 Å². The lowest BCUT2D eigenvalue weighted by atomic mass is 10.3. The minimum Gasteiger partial charge on any atom is -0.356 e. The minimum absolute atomic E-state index is 0. The highest BCUT2D eigenvalue weighted by atomic mass is 127. The highest BCUT2D eigenvalue weighted by molar-refractivity contribution is 14.0. The summed E-state index contributed by atoms with van der Waals surface area (Å²) in [5.41, 5.74) is 0.354. The van der Waals surface area contributed by atoms with Gasteiger partial charge in [0, 0.05) is 24.7 Å². The van der Waals surface area contributed by atoms with Gasteiger partial charge in [-0.3, -0.25) is 9.98 Å². The summed E-state index contributed by atoms with van der Waals surface area (Å²) >= 11 is 1.67. The van der Waals surface area contributed by atoms with E-state index in [-0.39, 0.29) is 42.2 Å². The monoisotopic (exact) mass is 478 g/mol. The number of rotatable bonds is 7. The molecule has 0 atom stereocenters. The quantitative estimate of drug-likeness (QED) is 0.209. The summed E-state index contributed by atoms with van der Waals surface area (Å²) < 4.78 is 26.3. The summed E-state index contributed by atoms with van der Waals surface area (Å²) in [5.74, 6) is 0.952. The number of hydrogen-bond donors (Lipinski definition) is 2. The first-order chi connectivity index (χ1) is 11.7. The van der Waals surface area contributed by atoms with Crippen LogP contribution in [0.4, 0.5) is 8.78 Å². The summed E-state index contributed by atoms with van der Waals surface area (Å²) in [7, 11) is 1.66. The third-order valence-electron chi connectivity index (χ3n) is 3.18. The highest BCUT2D eigenvalue weighted by Crippen LogP contribution is 2.18. The molecule has 0 aliphatic carbocycles. The summed E-state index contributed by atoms with van der Waals surface area (Å²) in [6.07, 6.45) is 2.48. The van der Waals surface area contributed by atoms with Gasteiger partial charge in [0.25, 0.3) is 0 Å². The molecule has 4 nitrogen and oxygen atoms in total. The van der Waals surface area contributed by atoms with Crippen LogP contribution in [0.1, 0.15) is 12.1 Å². The number of hydrogen-bond acceptors (Lipinski definition) is 3. The molecule has 0 aliphatic rings. The molecule has 1 aromatic heterocycles. The van der Waals surface area contributed by atoms with Crippen molar-refractivity contribution in [3.63, 3.8) is 0 Å². The average Bonchev–Trinajstić information content (AvgIpc) is 2.60. The van der Waals surface area contributed by atoms with Gasteiger partial charge in [-0.25, -0.2) is 8.78 Å². The Hall–Kier alpha value is -1.42. The number of nitrogens with one attached hydrogen (secondary N) is 2. The van der Waals surface area contributed by atoms with Gasteiger partial charge in [0.1, 0.15) is 11.6 Å². The Balaban J connectivity index is 0.00000312. The normalized spacial score (nSPS) is 10.9. The van der Waals surface area contributed by atoms with Crippen molar-refractivity contribution in [2.75, 3.05) is 19.3 Å². The molecule has 0 amide bonds. The van der Waals surface area contributed by atoms with Crippen LogP contribution in [-0.2, 0) is 6.54 Å². The number of nitrogens with zero attached hydrogens (tertiary/aromatic N) is 2. The zero-order chi connectivity index (χ0) is 17.2. The lowest BCUT2D eigenvalue weighted by Crippen LogP contribution is -2.37. The van der Waals surface area contributed by atoms with E-state index in [0.717, 1.165) is 23.6 Å². The molecular weight excluding hydrogens is 457 g/mol. The van der Waals surface area contributed by atoms with Crippen LogP contribution in [-0.4, -0.2) is 30.3 Å². The van der Waals surface area contributed by atoms with E-state index in [1.165, 1.54) is 18.2 Å². The van der Waals surface area contributed by atoms with Crippen LogP contribution in [0.25, 0.3) is 0 Å². The summed E-state index contributed by atoms with van der Waals surface area (Å²) in [5, 5.41) is 6.20. The molecular formula is C17H21F2IN4S. The van der Waals surface area contributed by atoms with Gasteiger partial charge >= 0.3 is 0 Å². The van der Waals surface area contributed by atoms with Crippen LogP contribution in [0.3, 0.4) is 0 Å².